The normalized spacial score (nSPS) is 22.2. The van der Waals surface area contributed by atoms with Crippen molar-refractivity contribution in [2.45, 2.75) is 13.0 Å². The molecule has 1 saturated heterocycles. The van der Waals surface area contributed by atoms with Crippen LogP contribution in [0.5, 0.6) is 0 Å². The number of nitrogens with one attached hydrogen (secondary N) is 1. The highest BCUT2D eigenvalue weighted by molar-refractivity contribution is 7.99. The fourth-order valence-corrected chi connectivity index (χ4v) is 3.37. The van der Waals surface area contributed by atoms with Crippen LogP contribution in [0.1, 0.15) is 15.2 Å². The monoisotopic (exact) mass is 227 g/mol. The molecule has 76 valence electrons. The number of hydrogen-bond acceptors (Lipinski definition) is 4. The SMILES string of the molecule is Cc1ccsc1C(=O)C1CSCCN1. The van der Waals surface area contributed by atoms with E-state index in [1.807, 2.05) is 30.1 Å². The van der Waals surface area contributed by atoms with Gasteiger partial charge in [-0.05, 0) is 23.9 Å². The zero-order valence-corrected chi connectivity index (χ0v) is 9.71. The summed E-state index contributed by atoms with van der Waals surface area (Å²) in [7, 11) is 0. The Balaban J connectivity index is 2.11. The highest BCUT2D eigenvalue weighted by Crippen LogP contribution is 2.20. The van der Waals surface area contributed by atoms with Gasteiger partial charge in [0.2, 0.25) is 0 Å². The maximum absolute atomic E-state index is 12.0. The van der Waals surface area contributed by atoms with E-state index in [2.05, 4.69) is 5.32 Å². The highest BCUT2D eigenvalue weighted by atomic mass is 32.2. The van der Waals surface area contributed by atoms with Crippen molar-refractivity contribution in [3.05, 3.63) is 21.9 Å². The lowest BCUT2D eigenvalue weighted by molar-refractivity contribution is 0.0956. The summed E-state index contributed by atoms with van der Waals surface area (Å²) in [5.74, 6) is 2.30. The first-order chi connectivity index (χ1) is 6.79. The molecule has 1 unspecified atom stereocenters. The van der Waals surface area contributed by atoms with Gasteiger partial charge in [0.05, 0.1) is 10.9 Å². The lowest BCUT2D eigenvalue weighted by Gasteiger charge is -2.21. The van der Waals surface area contributed by atoms with Crippen LogP contribution in [0.3, 0.4) is 0 Å². The lowest BCUT2D eigenvalue weighted by Crippen LogP contribution is -2.43. The van der Waals surface area contributed by atoms with Gasteiger partial charge in [-0.25, -0.2) is 0 Å². The summed E-state index contributed by atoms with van der Waals surface area (Å²) in [6, 6.07) is 2.04. The van der Waals surface area contributed by atoms with Crippen LogP contribution in [0, 0.1) is 6.92 Å². The van der Waals surface area contributed by atoms with Crippen molar-refractivity contribution < 1.29 is 4.79 Å². The van der Waals surface area contributed by atoms with Gasteiger partial charge in [0, 0.05) is 18.1 Å². The van der Waals surface area contributed by atoms with Gasteiger partial charge in [-0.1, -0.05) is 0 Å². The van der Waals surface area contributed by atoms with Gasteiger partial charge in [-0.15, -0.1) is 11.3 Å². The predicted molar refractivity (Wildman–Crippen MR) is 62.5 cm³/mol. The molecule has 1 aromatic rings. The van der Waals surface area contributed by atoms with Gasteiger partial charge in [-0.3, -0.25) is 4.79 Å². The molecule has 1 atom stereocenters. The van der Waals surface area contributed by atoms with Gasteiger partial charge in [0.15, 0.2) is 5.78 Å². The van der Waals surface area contributed by atoms with Crippen LogP contribution < -0.4 is 5.32 Å². The Morgan fingerprint density at radius 1 is 1.64 bits per heavy atom. The molecule has 0 bridgehead atoms. The van der Waals surface area contributed by atoms with Crippen molar-refractivity contribution in [1.82, 2.24) is 5.32 Å². The number of rotatable bonds is 2. The number of aryl methyl sites for hydroxylation is 1. The minimum absolute atomic E-state index is 0.0334. The minimum atomic E-state index is 0.0334. The third kappa shape index (κ3) is 2.02. The quantitative estimate of drug-likeness (QED) is 0.783. The first-order valence-electron chi connectivity index (χ1n) is 4.68. The smallest absolute Gasteiger partial charge is 0.190 e. The zero-order chi connectivity index (χ0) is 9.97. The molecule has 2 rings (SSSR count). The third-order valence-corrected chi connectivity index (χ3v) is 4.42. The summed E-state index contributed by atoms with van der Waals surface area (Å²) < 4.78 is 0. The van der Waals surface area contributed by atoms with Gasteiger partial charge in [0.1, 0.15) is 0 Å². The van der Waals surface area contributed by atoms with Crippen LogP contribution in [-0.4, -0.2) is 29.9 Å². The van der Waals surface area contributed by atoms with E-state index in [4.69, 9.17) is 0 Å². The average Bonchev–Trinajstić information content (AvgIpc) is 2.65. The minimum Gasteiger partial charge on any atom is -0.306 e. The molecule has 14 heavy (non-hydrogen) atoms. The van der Waals surface area contributed by atoms with E-state index in [-0.39, 0.29) is 11.8 Å². The van der Waals surface area contributed by atoms with Crippen LogP contribution in [0.4, 0.5) is 0 Å². The van der Waals surface area contributed by atoms with Crippen molar-refractivity contribution in [2.24, 2.45) is 0 Å². The Morgan fingerprint density at radius 2 is 2.50 bits per heavy atom. The van der Waals surface area contributed by atoms with Gasteiger partial charge < -0.3 is 5.32 Å². The standard InChI is InChI=1S/C10H13NOS2/c1-7-2-4-14-10(7)9(12)8-6-13-5-3-11-8/h2,4,8,11H,3,5-6H2,1H3. The second kappa shape index (κ2) is 4.47. The number of thioether (sulfide) groups is 1. The number of hydrogen-bond donors (Lipinski definition) is 1. The van der Waals surface area contributed by atoms with Crippen LogP contribution in [-0.2, 0) is 0 Å². The number of Topliss-reactive ketones (excluding diaryl/α,β-unsaturated/α-hetero) is 1. The first-order valence-corrected chi connectivity index (χ1v) is 6.72. The fourth-order valence-electron chi connectivity index (χ4n) is 1.52. The van der Waals surface area contributed by atoms with Crippen molar-refractivity contribution in [2.75, 3.05) is 18.1 Å². The number of ketones is 1. The van der Waals surface area contributed by atoms with E-state index in [0.717, 1.165) is 28.5 Å². The molecule has 0 aliphatic carbocycles. The summed E-state index contributed by atoms with van der Waals surface area (Å²) in [5.41, 5.74) is 1.11. The van der Waals surface area contributed by atoms with Crippen LogP contribution in [0.2, 0.25) is 0 Å². The van der Waals surface area contributed by atoms with Crippen molar-refractivity contribution in [1.29, 1.82) is 0 Å². The Bertz CT molecular complexity index is 329. The highest BCUT2D eigenvalue weighted by Gasteiger charge is 2.23. The largest absolute Gasteiger partial charge is 0.306 e. The molecule has 4 heteroatoms. The molecule has 1 fully saturated rings. The molecule has 0 saturated carbocycles. The molecule has 0 aromatic carbocycles. The van der Waals surface area contributed by atoms with Gasteiger partial charge >= 0.3 is 0 Å². The van der Waals surface area contributed by atoms with Crippen LogP contribution in [0.15, 0.2) is 11.4 Å². The Morgan fingerprint density at radius 3 is 3.07 bits per heavy atom. The Labute approximate surface area is 92.1 Å². The van der Waals surface area contributed by atoms with Crippen LogP contribution in [0.25, 0.3) is 0 Å². The maximum Gasteiger partial charge on any atom is 0.190 e. The van der Waals surface area contributed by atoms with Crippen molar-refractivity contribution >= 4 is 28.9 Å². The van der Waals surface area contributed by atoms with E-state index < -0.39 is 0 Å². The van der Waals surface area contributed by atoms with E-state index in [1.54, 1.807) is 11.3 Å². The molecule has 0 radical (unpaired) electrons. The molecule has 1 aromatic heterocycles. The van der Waals surface area contributed by atoms with Gasteiger partial charge in [-0.2, -0.15) is 11.8 Å². The molecular weight excluding hydrogens is 214 g/mol. The summed E-state index contributed by atoms with van der Waals surface area (Å²) in [6.45, 7) is 2.95. The molecule has 0 amide bonds. The Hall–Kier alpha value is -0.320. The summed E-state index contributed by atoms with van der Waals surface area (Å²) in [4.78, 5) is 12.9. The summed E-state index contributed by atoms with van der Waals surface area (Å²) >= 11 is 3.41. The Kier molecular flexibility index (Phi) is 3.26. The van der Waals surface area contributed by atoms with Crippen LogP contribution >= 0.6 is 23.1 Å². The fraction of sp³-hybridized carbons (Fsp3) is 0.500. The predicted octanol–water partition coefficient (Wildman–Crippen LogP) is 1.94. The van der Waals surface area contributed by atoms with E-state index in [0.29, 0.717) is 0 Å². The number of carbonyl (C=O) groups excluding carboxylic acids is 1. The number of thiophene rings is 1. The molecule has 2 heterocycles. The molecule has 1 N–H and O–H groups in total. The zero-order valence-electron chi connectivity index (χ0n) is 8.08. The van der Waals surface area contributed by atoms with Gasteiger partial charge in [0.25, 0.3) is 0 Å². The molecule has 0 spiro atoms. The average molecular weight is 227 g/mol. The molecule has 1 aliphatic heterocycles. The summed E-state index contributed by atoms with van der Waals surface area (Å²) in [5, 5.41) is 5.26. The lowest BCUT2D eigenvalue weighted by atomic mass is 10.1. The van der Waals surface area contributed by atoms with E-state index in [9.17, 15) is 4.79 Å². The number of carbonyl (C=O) groups is 1. The van der Waals surface area contributed by atoms with E-state index in [1.165, 1.54) is 0 Å². The first kappa shape index (κ1) is 10.2. The summed E-state index contributed by atoms with van der Waals surface area (Å²) in [6.07, 6.45) is 0. The molecule has 1 aliphatic rings. The van der Waals surface area contributed by atoms with Crippen molar-refractivity contribution in [3.8, 4) is 0 Å². The second-order valence-electron chi connectivity index (χ2n) is 3.38. The van der Waals surface area contributed by atoms with E-state index >= 15 is 0 Å². The molecular formula is C10H13NOS2. The second-order valence-corrected chi connectivity index (χ2v) is 5.44. The van der Waals surface area contributed by atoms with Crippen molar-refractivity contribution in [3.63, 3.8) is 0 Å². The molecule has 2 nitrogen and oxygen atoms in total. The topological polar surface area (TPSA) is 29.1 Å². The maximum atomic E-state index is 12.0. The third-order valence-electron chi connectivity index (χ3n) is 2.32.